The highest BCUT2D eigenvalue weighted by molar-refractivity contribution is 8.13. The van der Waals surface area contributed by atoms with Crippen molar-refractivity contribution in [2.45, 2.75) is 31.6 Å². The maximum Gasteiger partial charge on any atom is 0.261 e. The first-order valence-electron chi connectivity index (χ1n) is 6.38. The van der Waals surface area contributed by atoms with Crippen LogP contribution in [0, 0.1) is 0 Å². The second-order valence-corrected chi connectivity index (χ2v) is 7.21. The van der Waals surface area contributed by atoms with Gasteiger partial charge in [0.2, 0.25) is 0 Å². The molecule has 0 radical (unpaired) electrons. The SMILES string of the molecule is CCOc1ccc(S(=O)(=O)Cl)cc1-c1nc(C(C)C)no1. The van der Waals surface area contributed by atoms with Gasteiger partial charge in [-0.15, -0.1) is 0 Å². The normalized spacial score (nSPS) is 11.9. The first-order chi connectivity index (χ1) is 9.82. The second-order valence-electron chi connectivity index (χ2n) is 4.64. The lowest BCUT2D eigenvalue weighted by Gasteiger charge is -2.08. The fourth-order valence-corrected chi connectivity index (χ4v) is 2.47. The molecule has 0 bridgehead atoms. The fraction of sp³-hybridized carbons (Fsp3) is 0.385. The Balaban J connectivity index is 2.57. The lowest BCUT2D eigenvalue weighted by atomic mass is 10.2. The third-order valence-corrected chi connectivity index (χ3v) is 4.07. The Morgan fingerprint density at radius 2 is 2.10 bits per heavy atom. The molecule has 0 aliphatic rings. The molecule has 0 saturated carbocycles. The minimum atomic E-state index is -3.85. The van der Waals surface area contributed by atoms with Crippen molar-refractivity contribution in [2.75, 3.05) is 6.61 Å². The van der Waals surface area contributed by atoms with E-state index in [1.54, 1.807) is 0 Å². The molecule has 2 aromatic rings. The molecule has 0 unspecified atom stereocenters. The van der Waals surface area contributed by atoms with Crippen LogP contribution in [0.15, 0.2) is 27.6 Å². The summed E-state index contributed by atoms with van der Waals surface area (Å²) in [4.78, 5) is 4.20. The maximum absolute atomic E-state index is 11.5. The van der Waals surface area contributed by atoms with E-state index in [1.165, 1.54) is 18.2 Å². The van der Waals surface area contributed by atoms with Crippen LogP contribution in [0.2, 0.25) is 0 Å². The van der Waals surface area contributed by atoms with Crippen LogP contribution < -0.4 is 4.74 Å². The highest BCUT2D eigenvalue weighted by Crippen LogP contribution is 2.33. The van der Waals surface area contributed by atoms with E-state index >= 15 is 0 Å². The maximum atomic E-state index is 11.5. The van der Waals surface area contributed by atoms with Gasteiger partial charge in [-0.05, 0) is 25.1 Å². The van der Waals surface area contributed by atoms with E-state index in [4.69, 9.17) is 19.9 Å². The average Bonchev–Trinajstić information content (AvgIpc) is 2.88. The Bertz CT molecular complexity index is 740. The van der Waals surface area contributed by atoms with Crippen LogP contribution in [0.25, 0.3) is 11.5 Å². The van der Waals surface area contributed by atoms with Crippen molar-refractivity contribution in [2.24, 2.45) is 0 Å². The summed E-state index contributed by atoms with van der Waals surface area (Å²) in [6, 6.07) is 4.26. The fourth-order valence-electron chi connectivity index (χ4n) is 1.69. The van der Waals surface area contributed by atoms with E-state index in [2.05, 4.69) is 10.1 Å². The monoisotopic (exact) mass is 330 g/mol. The lowest BCUT2D eigenvalue weighted by molar-refractivity contribution is 0.339. The van der Waals surface area contributed by atoms with Crippen LogP contribution in [0.3, 0.4) is 0 Å². The molecule has 0 saturated heterocycles. The topological polar surface area (TPSA) is 82.3 Å². The van der Waals surface area contributed by atoms with Gasteiger partial charge in [-0.1, -0.05) is 19.0 Å². The molecule has 114 valence electrons. The first kappa shape index (κ1) is 15.8. The lowest BCUT2D eigenvalue weighted by Crippen LogP contribution is -1.97. The van der Waals surface area contributed by atoms with E-state index in [1.807, 2.05) is 20.8 Å². The molecule has 0 aliphatic carbocycles. The van der Waals surface area contributed by atoms with Gasteiger partial charge in [0.05, 0.1) is 17.1 Å². The predicted molar refractivity (Wildman–Crippen MR) is 78.0 cm³/mol. The highest BCUT2D eigenvalue weighted by Gasteiger charge is 2.19. The molecule has 8 heteroatoms. The first-order valence-corrected chi connectivity index (χ1v) is 8.69. The van der Waals surface area contributed by atoms with Crippen molar-refractivity contribution in [1.29, 1.82) is 0 Å². The molecule has 1 heterocycles. The van der Waals surface area contributed by atoms with Crippen molar-refractivity contribution >= 4 is 19.7 Å². The van der Waals surface area contributed by atoms with Gasteiger partial charge < -0.3 is 9.26 Å². The Morgan fingerprint density at radius 1 is 1.38 bits per heavy atom. The van der Waals surface area contributed by atoms with Gasteiger partial charge >= 0.3 is 0 Å². The van der Waals surface area contributed by atoms with Gasteiger partial charge in [-0.3, -0.25) is 0 Å². The van der Waals surface area contributed by atoms with Gasteiger partial charge in [-0.25, -0.2) is 8.42 Å². The van der Waals surface area contributed by atoms with Gasteiger partial charge in [0.15, 0.2) is 5.82 Å². The number of benzene rings is 1. The largest absolute Gasteiger partial charge is 0.493 e. The predicted octanol–water partition coefficient (Wildman–Crippen LogP) is 3.19. The molecule has 0 spiro atoms. The number of aromatic nitrogens is 2. The van der Waals surface area contributed by atoms with Gasteiger partial charge in [0, 0.05) is 16.6 Å². The summed E-state index contributed by atoms with van der Waals surface area (Å²) in [5.41, 5.74) is 0.401. The molecule has 2 rings (SSSR count). The van der Waals surface area contributed by atoms with Crippen molar-refractivity contribution in [3.8, 4) is 17.2 Å². The minimum absolute atomic E-state index is 0.0492. The molecule has 1 aromatic heterocycles. The Morgan fingerprint density at radius 3 is 2.62 bits per heavy atom. The van der Waals surface area contributed by atoms with E-state index in [0.717, 1.165) is 0 Å². The molecule has 0 amide bonds. The molecule has 0 fully saturated rings. The zero-order valence-electron chi connectivity index (χ0n) is 11.8. The van der Waals surface area contributed by atoms with Crippen LogP contribution in [-0.4, -0.2) is 25.2 Å². The number of rotatable bonds is 5. The van der Waals surface area contributed by atoms with Crippen LogP contribution in [0.4, 0.5) is 0 Å². The van der Waals surface area contributed by atoms with Crippen molar-refractivity contribution in [3.63, 3.8) is 0 Å². The Kier molecular flexibility index (Phi) is 4.53. The van der Waals surface area contributed by atoms with Crippen LogP contribution in [0.1, 0.15) is 32.5 Å². The van der Waals surface area contributed by atoms with Crippen LogP contribution >= 0.6 is 10.7 Å². The van der Waals surface area contributed by atoms with E-state index in [-0.39, 0.29) is 16.7 Å². The number of nitrogens with zero attached hydrogens (tertiary/aromatic N) is 2. The van der Waals surface area contributed by atoms with Crippen molar-refractivity contribution in [3.05, 3.63) is 24.0 Å². The van der Waals surface area contributed by atoms with E-state index in [0.29, 0.717) is 23.7 Å². The minimum Gasteiger partial charge on any atom is -0.493 e. The van der Waals surface area contributed by atoms with Gasteiger partial charge in [0.1, 0.15) is 5.75 Å². The number of hydrogen-bond donors (Lipinski definition) is 0. The summed E-state index contributed by atoms with van der Waals surface area (Å²) in [5, 5.41) is 3.86. The van der Waals surface area contributed by atoms with Crippen LogP contribution in [-0.2, 0) is 9.05 Å². The van der Waals surface area contributed by atoms with Crippen LogP contribution in [0.5, 0.6) is 5.75 Å². The number of hydrogen-bond acceptors (Lipinski definition) is 6. The molecular formula is C13H15ClN2O4S. The zero-order chi connectivity index (χ0) is 15.6. The zero-order valence-corrected chi connectivity index (χ0v) is 13.4. The molecule has 21 heavy (non-hydrogen) atoms. The Labute approximate surface area is 127 Å². The second kappa shape index (κ2) is 6.03. The molecule has 0 aliphatic heterocycles. The molecular weight excluding hydrogens is 316 g/mol. The summed E-state index contributed by atoms with van der Waals surface area (Å²) in [7, 11) is 1.52. The number of halogens is 1. The van der Waals surface area contributed by atoms with Gasteiger partial charge in [-0.2, -0.15) is 4.98 Å². The molecule has 6 nitrogen and oxygen atoms in total. The smallest absolute Gasteiger partial charge is 0.261 e. The van der Waals surface area contributed by atoms with E-state index < -0.39 is 9.05 Å². The quantitative estimate of drug-likeness (QED) is 0.783. The van der Waals surface area contributed by atoms with Crippen molar-refractivity contribution in [1.82, 2.24) is 10.1 Å². The summed E-state index contributed by atoms with van der Waals surface area (Å²) in [6.07, 6.45) is 0. The summed E-state index contributed by atoms with van der Waals surface area (Å²) >= 11 is 0. The summed E-state index contributed by atoms with van der Waals surface area (Å²) < 4.78 is 33.6. The highest BCUT2D eigenvalue weighted by atomic mass is 35.7. The molecule has 0 N–H and O–H groups in total. The van der Waals surface area contributed by atoms with Crippen molar-refractivity contribution < 1.29 is 17.7 Å². The summed E-state index contributed by atoms with van der Waals surface area (Å²) in [6.45, 7) is 6.10. The third kappa shape index (κ3) is 3.54. The Hall–Kier alpha value is -1.60. The average molecular weight is 331 g/mol. The van der Waals surface area contributed by atoms with E-state index in [9.17, 15) is 8.42 Å². The summed E-state index contributed by atoms with van der Waals surface area (Å²) in [5.74, 6) is 1.29. The third-order valence-electron chi connectivity index (χ3n) is 2.72. The molecule has 1 aromatic carbocycles. The number of ether oxygens (including phenoxy) is 1. The molecule has 0 atom stereocenters. The standard InChI is InChI=1S/C13H15ClN2O4S/c1-4-19-11-6-5-9(21(14,17)18)7-10(11)13-15-12(8(2)3)16-20-13/h5-8H,4H2,1-3H3. The van der Waals surface area contributed by atoms with Gasteiger partial charge in [0.25, 0.3) is 14.9 Å².